The van der Waals surface area contributed by atoms with Crippen molar-refractivity contribution in [3.05, 3.63) is 70.8 Å². The van der Waals surface area contributed by atoms with E-state index in [1.165, 1.54) is 17.4 Å². The second kappa shape index (κ2) is 7.20. The topological polar surface area (TPSA) is 77.1 Å². The number of furan rings is 1. The van der Waals surface area contributed by atoms with Gasteiger partial charge in [0, 0.05) is 18.8 Å². The van der Waals surface area contributed by atoms with E-state index in [9.17, 15) is 9.59 Å². The summed E-state index contributed by atoms with van der Waals surface area (Å²) in [4.78, 5) is 28.8. The summed E-state index contributed by atoms with van der Waals surface area (Å²) >= 11 is 1.51. The fourth-order valence-electron chi connectivity index (χ4n) is 2.77. The predicted molar refractivity (Wildman–Crippen MR) is 106 cm³/mol. The molecule has 0 spiro atoms. The number of thiazole rings is 1. The minimum absolute atomic E-state index is 0.0917. The molecule has 1 N–H and O–H groups in total. The Balaban J connectivity index is 1.55. The first-order chi connectivity index (χ1) is 13.1. The van der Waals surface area contributed by atoms with Gasteiger partial charge >= 0.3 is 0 Å². The van der Waals surface area contributed by atoms with Gasteiger partial charge in [0.05, 0.1) is 15.9 Å². The number of anilines is 1. The molecule has 7 heteroatoms. The molecule has 0 fully saturated rings. The van der Waals surface area contributed by atoms with Gasteiger partial charge < -0.3 is 14.3 Å². The third kappa shape index (κ3) is 3.54. The second-order valence-corrected chi connectivity index (χ2v) is 7.08. The minimum atomic E-state index is -0.371. The van der Waals surface area contributed by atoms with Gasteiger partial charge in [-0.15, -0.1) is 11.3 Å². The van der Waals surface area contributed by atoms with Gasteiger partial charge in [0.1, 0.15) is 0 Å². The van der Waals surface area contributed by atoms with E-state index in [1.54, 1.807) is 29.0 Å². The van der Waals surface area contributed by atoms with Crippen LogP contribution >= 0.6 is 11.3 Å². The molecule has 3 aromatic heterocycles. The zero-order valence-corrected chi connectivity index (χ0v) is 15.5. The molecule has 0 bridgehead atoms. The number of carbonyl (C=O) groups excluding carboxylic acids is 1. The summed E-state index contributed by atoms with van der Waals surface area (Å²) in [5, 5.41) is 3.49. The van der Waals surface area contributed by atoms with Crippen LogP contribution in [-0.4, -0.2) is 15.5 Å². The third-order valence-corrected chi connectivity index (χ3v) is 5.09. The van der Waals surface area contributed by atoms with Crippen molar-refractivity contribution >= 4 is 33.1 Å². The molecule has 0 aliphatic carbocycles. The standard InChI is InChI=1S/C20H17N3O3S/c1-2-11-23-12-13(7-10-18(23)24)21-19(25)15-8-9-16(26-15)20-22-14-5-3-4-6-17(14)27-20/h3-10,12H,2,11H2,1H3,(H,21,25). The second-order valence-electron chi connectivity index (χ2n) is 6.05. The Morgan fingerprint density at radius 3 is 2.85 bits per heavy atom. The molecule has 0 saturated carbocycles. The number of carbonyl (C=O) groups is 1. The molecule has 0 unspecified atom stereocenters. The lowest BCUT2D eigenvalue weighted by Crippen LogP contribution is -2.20. The monoisotopic (exact) mass is 379 g/mol. The highest BCUT2D eigenvalue weighted by molar-refractivity contribution is 7.21. The maximum Gasteiger partial charge on any atom is 0.291 e. The predicted octanol–water partition coefficient (Wildman–Crippen LogP) is 4.38. The molecule has 0 saturated heterocycles. The number of fused-ring (bicyclic) bond motifs is 1. The van der Waals surface area contributed by atoms with Crippen LogP contribution in [0.1, 0.15) is 23.9 Å². The van der Waals surface area contributed by atoms with Crippen LogP contribution in [0.25, 0.3) is 21.0 Å². The minimum Gasteiger partial charge on any atom is -0.448 e. The van der Waals surface area contributed by atoms with E-state index in [2.05, 4.69) is 10.3 Å². The summed E-state index contributed by atoms with van der Waals surface area (Å²) < 4.78 is 8.34. The van der Waals surface area contributed by atoms with E-state index in [0.29, 0.717) is 18.0 Å². The van der Waals surface area contributed by atoms with Crippen LogP contribution in [0.15, 0.2) is 63.9 Å². The van der Waals surface area contributed by atoms with E-state index < -0.39 is 0 Å². The number of nitrogens with zero attached hydrogens (tertiary/aromatic N) is 2. The number of aromatic nitrogens is 2. The van der Waals surface area contributed by atoms with Crippen LogP contribution in [0.2, 0.25) is 0 Å². The fourth-order valence-corrected chi connectivity index (χ4v) is 3.69. The smallest absolute Gasteiger partial charge is 0.291 e. The molecular formula is C20H17N3O3S. The zero-order chi connectivity index (χ0) is 18.8. The highest BCUT2D eigenvalue weighted by Gasteiger charge is 2.15. The van der Waals surface area contributed by atoms with Gasteiger partial charge in [-0.05, 0) is 36.8 Å². The Kier molecular flexibility index (Phi) is 4.60. The molecule has 0 atom stereocenters. The van der Waals surface area contributed by atoms with Crippen LogP contribution < -0.4 is 10.9 Å². The molecule has 3 heterocycles. The molecule has 1 amide bonds. The van der Waals surface area contributed by atoms with Gasteiger partial charge in [0.25, 0.3) is 11.5 Å². The van der Waals surface area contributed by atoms with Crippen molar-refractivity contribution in [3.8, 4) is 10.8 Å². The van der Waals surface area contributed by atoms with E-state index in [4.69, 9.17) is 4.42 Å². The van der Waals surface area contributed by atoms with E-state index >= 15 is 0 Å². The van der Waals surface area contributed by atoms with Gasteiger partial charge in [-0.1, -0.05) is 19.1 Å². The summed E-state index contributed by atoms with van der Waals surface area (Å²) in [5.74, 6) is 0.374. The van der Waals surface area contributed by atoms with Crippen molar-refractivity contribution in [3.63, 3.8) is 0 Å². The van der Waals surface area contributed by atoms with Crippen molar-refractivity contribution in [2.75, 3.05) is 5.32 Å². The number of amides is 1. The first kappa shape index (κ1) is 17.2. The van der Waals surface area contributed by atoms with E-state index in [-0.39, 0.29) is 17.2 Å². The molecule has 27 heavy (non-hydrogen) atoms. The van der Waals surface area contributed by atoms with Crippen molar-refractivity contribution in [2.24, 2.45) is 0 Å². The molecule has 0 aliphatic heterocycles. The largest absolute Gasteiger partial charge is 0.448 e. The maximum absolute atomic E-state index is 12.5. The SMILES string of the molecule is CCCn1cc(NC(=O)c2ccc(-c3nc4ccccc4s3)o2)ccc1=O. The van der Waals surface area contributed by atoms with Crippen molar-refractivity contribution in [1.29, 1.82) is 0 Å². The Labute approximate surface area is 159 Å². The van der Waals surface area contributed by atoms with Gasteiger partial charge in [-0.25, -0.2) is 4.98 Å². The van der Waals surface area contributed by atoms with Gasteiger partial charge in [-0.3, -0.25) is 9.59 Å². The van der Waals surface area contributed by atoms with Gasteiger partial charge in [-0.2, -0.15) is 0 Å². The Bertz CT molecular complexity index is 1140. The maximum atomic E-state index is 12.5. The zero-order valence-electron chi connectivity index (χ0n) is 14.6. The van der Waals surface area contributed by atoms with Crippen molar-refractivity contribution in [2.45, 2.75) is 19.9 Å². The number of hydrogen-bond acceptors (Lipinski definition) is 5. The molecular weight excluding hydrogens is 362 g/mol. The van der Waals surface area contributed by atoms with Crippen LogP contribution in [0, 0.1) is 0 Å². The lowest BCUT2D eigenvalue weighted by molar-refractivity contribution is 0.0997. The lowest BCUT2D eigenvalue weighted by Gasteiger charge is -2.07. The Morgan fingerprint density at radius 2 is 2.04 bits per heavy atom. The molecule has 6 nitrogen and oxygen atoms in total. The fraction of sp³-hybridized carbons (Fsp3) is 0.150. The Hall–Kier alpha value is -3.19. The summed E-state index contributed by atoms with van der Waals surface area (Å²) in [5.41, 5.74) is 1.36. The number of pyridine rings is 1. The number of rotatable bonds is 5. The summed E-state index contributed by atoms with van der Waals surface area (Å²) in [6.45, 7) is 2.59. The number of para-hydroxylation sites is 1. The van der Waals surface area contributed by atoms with Crippen LogP contribution in [0.4, 0.5) is 5.69 Å². The normalized spacial score (nSPS) is 11.0. The van der Waals surface area contributed by atoms with Crippen LogP contribution in [0.3, 0.4) is 0 Å². The highest BCUT2D eigenvalue weighted by atomic mass is 32.1. The average molecular weight is 379 g/mol. The Morgan fingerprint density at radius 1 is 1.19 bits per heavy atom. The average Bonchev–Trinajstić information content (AvgIpc) is 3.31. The van der Waals surface area contributed by atoms with Crippen LogP contribution in [-0.2, 0) is 6.54 Å². The lowest BCUT2D eigenvalue weighted by atomic mass is 10.3. The molecule has 1 aromatic carbocycles. The highest BCUT2D eigenvalue weighted by Crippen LogP contribution is 2.31. The van der Waals surface area contributed by atoms with Gasteiger partial charge in [0.2, 0.25) is 0 Å². The summed E-state index contributed by atoms with van der Waals surface area (Å²) in [6.07, 6.45) is 2.47. The molecule has 4 aromatic rings. The molecule has 136 valence electrons. The van der Waals surface area contributed by atoms with E-state index in [0.717, 1.165) is 21.6 Å². The van der Waals surface area contributed by atoms with Crippen molar-refractivity contribution in [1.82, 2.24) is 9.55 Å². The number of benzene rings is 1. The van der Waals surface area contributed by atoms with E-state index in [1.807, 2.05) is 31.2 Å². The quantitative estimate of drug-likeness (QED) is 0.558. The van der Waals surface area contributed by atoms with Crippen molar-refractivity contribution < 1.29 is 9.21 Å². The van der Waals surface area contributed by atoms with Crippen LogP contribution in [0.5, 0.6) is 0 Å². The number of aryl methyl sites for hydroxylation is 1. The first-order valence-corrected chi connectivity index (χ1v) is 9.43. The molecule has 4 rings (SSSR count). The van der Waals surface area contributed by atoms with Gasteiger partial charge in [0.15, 0.2) is 16.5 Å². The summed E-state index contributed by atoms with van der Waals surface area (Å²) in [7, 11) is 0. The molecule has 0 aliphatic rings. The first-order valence-electron chi connectivity index (χ1n) is 8.61. The molecule has 0 radical (unpaired) electrons. The number of nitrogens with one attached hydrogen (secondary N) is 1. The summed E-state index contributed by atoms with van der Waals surface area (Å²) in [6, 6.07) is 14.2. The number of hydrogen-bond donors (Lipinski definition) is 1. The third-order valence-electron chi connectivity index (χ3n) is 4.04.